The molecule has 0 nitrogen and oxygen atoms in total. The maximum absolute atomic E-state index is 2.35. The second-order valence-electron chi connectivity index (χ2n) is 4.73. The first kappa shape index (κ1) is 10.3. The second-order valence-corrected chi connectivity index (χ2v) is 4.73. The van der Waals surface area contributed by atoms with Crippen LogP contribution in [0.2, 0.25) is 0 Å². The van der Waals surface area contributed by atoms with E-state index in [9.17, 15) is 0 Å². The lowest BCUT2D eigenvalue weighted by Gasteiger charge is -2.15. The average Bonchev–Trinajstić information content (AvgIpc) is 2.03. The molecule has 0 heterocycles. The van der Waals surface area contributed by atoms with Gasteiger partial charge < -0.3 is 0 Å². The molecule has 72 valence electrons. The van der Waals surface area contributed by atoms with Crippen LogP contribution in [-0.4, -0.2) is 0 Å². The summed E-state index contributed by atoms with van der Waals surface area (Å²) in [5.41, 5.74) is 5.89. The summed E-state index contributed by atoms with van der Waals surface area (Å²) in [7, 11) is 0. The molecular formula is C13H20. The summed E-state index contributed by atoms with van der Waals surface area (Å²) in [5.74, 6) is 0. The second kappa shape index (κ2) is 3.17. The Labute approximate surface area is 82.0 Å². The first-order valence-electron chi connectivity index (χ1n) is 4.90. The SMILES string of the molecule is CC1=CC(C)(C)C=C(C)C(C)=C1C. The molecule has 0 atom stereocenters. The Bertz CT molecular complexity index is 279. The molecule has 0 fully saturated rings. The van der Waals surface area contributed by atoms with Gasteiger partial charge in [-0.1, -0.05) is 37.1 Å². The van der Waals surface area contributed by atoms with E-state index < -0.39 is 0 Å². The summed E-state index contributed by atoms with van der Waals surface area (Å²) in [4.78, 5) is 0. The molecule has 0 unspecified atom stereocenters. The summed E-state index contributed by atoms with van der Waals surface area (Å²) in [6, 6.07) is 0. The van der Waals surface area contributed by atoms with Crippen molar-refractivity contribution >= 4 is 0 Å². The zero-order chi connectivity index (χ0) is 10.2. The van der Waals surface area contributed by atoms with E-state index >= 15 is 0 Å². The van der Waals surface area contributed by atoms with Gasteiger partial charge in [-0.2, -0.15) is 0 Å². The van der Waals surface area contributed by atoms with Gasteiger partial charge in [-0.3, -0.25) is 0 Å². The van der Waals surface area contributed by atoms with E-state index in [-0.39, 0.29) is 5.41 Å². The highest BCUT2D eigenvalue weighted by Crippen LogP contribution is 2.32. The van der Waals surface area contributed by atoms with Gasteiger partial charge in [0, 0.05) is 5.41 Å². The smallest absolute Gasteiger partial charge is 0.00160 e. The van der Waals surface area contributed by atoms with Crippen LogP contribution in [0.15, 0.2) is 34.4 Å². The van der Waals surface area contributed by atoms with Crippen LogP contribution in [0.4, 0.5) is 0 Å². The van der Waals surface area contributed by atoms with Gasteiger partial charge in [-0.25, -0.2) is 0 Å². The fourth-order valence-corrected chi connectivity index (χ4v) is 1.97. The monoisotopic (exact) mass is 176 g/mol. The van der Waals surface area contributed by atoms with Crippen LogP contribution in [0, 0.1) is 5.41 Å². The van der Waals surface area contributed by atoms with Crippen molar-refractivity contribution in [3.63, 3.8) is 0 Å². The number of rotatable bonds is 0. The molecular weight excluding hydrogens is 156 g/mol. The van der Waals surface area contributed by atoms with Gasteiger partial charge in [-0.05, 0) is 38.8 Å². The van der Waals surface area contributed by atoms with E-state index in [4.69, 9.17) is 0 Å². The first-order chi connectivity index (χ1) is 5.83. The summed E-state index contributed by atoms with van der Waals surface area (Å²) in [6.07, 6.45) is 4.70. The normalized spacial score (nSPS) is 22.3. The Morgan fingerprint density at radius 1 is 0.769 bits per heavy atom. The van der Waals surface area contributed by atoms with Gasteiger partial charge in [0.15, 0.2) is 0 Å². The summed E-state index contributed by atoms with van der Waals surface area (Å²) in [5, 5.41) is 0. The van der Waals surface area contributed by atoms with E-state index in [2.05, 4.69) is 53.7 Å². The topological polar surface area (TPSA) is 0 Å². The third-order valence-electron chi connectivity index (χ3n) is 2.92. The summed E-state index contributed by atoms with van der Waals surface area (Å²) < 4.78 is 0. The largest absolute Gasteiger partial charge is 0.0719 e. The number of allylic oxidation sites excluding steroid dienone is 6. The lowest BCUT2D eigenvalue weighted by atomic mass is 9.90. The Morgan fingerprint density at radius 3 is 1.38 bits per heavy atom. The Kier molecular flexibility index (Phi) is 2.51. The molecule has 0 bridgehead atoms. The lowest BCUT2D eigenvalue weighted by molar-refractivity contribution is 0.619. The molecule has 1 aliphatic rings. The highest BCUT2D eigenvalue weighted by Gasteiger charge is 2.17. The standard InChI is InChI=1S/C13H20/c1-9-7-13(5,6)8-10(2)12(4)11(9)3/h7-8H,1-6H3. The highest BCUT2D eigenvalue weighted by molar-refractivity contribution is 5.45. The van der Waals surface area contributed by atoms with Crippen molar-refractivity contribution in [2.24, 2.45) is 5.41 Å². The third kappa shape index (κ3) is 2.12. The van der Waals surface area contributed by atoms with Gasteiger partial charge in [0.05, 0.1) is 0 Å². The maximum Gasteiger partial charge on any atom is 0.00160 e. The minimum atomic E-state index is 0.202. The quantitative estimate of drug-likeness (QED) is 0.517. The molecule has 0 spiro atoms. The Hall–Kier alpha value is -0.780. The zero-order valence-electron chi connectivity index (χ0n) is 9.65. The molecule has 0 heteroatoms. The van der Waals surface area contributed by atoms with Gasteiger partial charge in [0.2, 0.25) is 0 Å². The van der Waals surface area contributed by atoms with Crippen molar-refractivity contribution in [3.05, 3.63) is 34.4 Å². The van der Waals surface area contributed by atoms with Crippen molar-refractivity contribution < 1.29 is 0 Å². The van der Waals surface area contributed by atoms with Gasteiger partial charge in [-0.15, -0.1) is 0 Å². The molecule has 0 saturated carbocycles. The molecule has 13 heavy (non-hydrogen) atoms. The van der Waals surface area contributed by atoms with E-state index in [1.807, 2.05) is 0 Å². The number of hydrogen-bond acceptors (Lipinski definition) is 0. The summed E-state index contributed by atoms with van der Waals surface area (Å²) in [6.45, 7) is 13.3. The predicted octanol–water partition coefficient (Wildman–Crippen LogP) is 4.26. The van der Waals surface area contributed by atoms with Crippen LogP contribution in [0.1, 0.15) is 41.5 Å². The fourth-order valence-electron chi connectivity index (χ4n) is 1.97. The third-order valence-corrected chi connectivity index (χ3v) is 2.92. The predicted molar refractivity (Wildman–Crippen MR) is 59.7 cm³/mol. The minimum Gasteiger partial charge on any atom is -0.0719 e. The van der Waals surface area contributed by atoms with Crippen molar-refractivity contribution in [1.29, 1.82) is 0 Å². The first-order valence-corrected chi connectivity index (χ1v) is 4.90. The van der Waals surface area contributed by atoms with Crippen LogP contribution in [0.5, 0.6) is 0 Å². The van der Waals surface area contributed by atoms with Gasteiger partial charge in [0.25, 0.3) is 0 Å². The van der Waals surface area contributed by atoms with E-state index in [0.717, 1.165) is 0 Å². The summed E-state index contributed by atoms with van der Waals surface area (Å²) >= 11 is 0. The molecule has 1 rings (SSSR count). The Balaban J connectivity index is 3.30. The van der Waals surface area contributed by atoms with Gasteiger partial charge in [0.1, 0.15) is 0 Å². The van der Waals surface area contributed by atoms with Gasteiger partial charge >= 0.3 is 0 Å². The fraction of sp³-hybridized carbons (Fsp3) is 0.538. The maximum atomic E-state index is 2.35. The Morgan fingerprint density at radius 2 is 1.08 bits per heavy atom. The van der Waals surface area contributed by atoms with E-state index in [0.29, 0.717) is 0 Å². The van der Waals surface area contributed by atoms with Crippen LogP contribution >= 0.6 is 0 Å². The molecule has 0 saturated heterocycles. The number of hydrogen-bond donors (Lipinski definition) is 0. The van der Waals surface area contributed by atoms with E-state index in [1.165, 1.54) is 22.3 Å². The lowest BCUT2D eigenvalue weighted by Crippen LogP contribution is -2.03. The van der Waals surface area contributed by atoms with Crippen molar-refractivity contribution in [1.82, 2.24) is 0 Å². The molecule has 0 aromatic rings. The van der Waals surface area contributed by atoms with Crippen molar-refractivity contribution in [2.45, 2.75) is 41.5 Å². The zero-order valence-corrected chi connectivity index (χ0v) is 9.65. The van der Waals surface area contributed by atoms with Crippen LogP contribution in [-0.2, 0) is 0 Å². The minimum absolute atomic E-state index is 0.202. The average molecular weight is 176 g/mol. The van der Waals surface area contributed by atoms with Crippen LogP contribution in [0.25, 0.3) is 0 Å². The molecule has 0 aromatic carbocycles. The van der Waals surface area contributed by atoms with Crippen molar-refractivity contribution in [3.8, 4) is 0 Å². The highest BCUT2D eigenvalue weighted by atomic mass is 14.2. The van der Waals surface area contributed by atoms with Crippen molar-refractivity contribution in [2.75, 3.05) is 0 Å². The molecule has 0 aliphatic heterocycles. The molecule has 0 amide bonds. The molecule has 0 N–H and O–H groups in total. The molecule has 0 aromatic heterocycles. The molecule has 0 radical (unpaired) electrons. The van der Waals surface area contributed by atoms with Crippen LogP contribution in [0.3, 0.4) is 0 Å². The van der Waals surface area contributed by atoms with E-state index in [1.54, 1.807) is 0 Å². The van der Waals surface area contributed by atoms with Crippen LogP contribution < -0.4 is 0 Å². The molecule has 1 aliphatic carbocycles.